The van der Waals surface area contributed by atoms with E-state index in [1.807, 2.05) is 61.2 Å². The molecule has 0 aliphatic rings. The number of fused-ring (bicyclic) bond motifs is 2. The lowest BCUT2D eigenvalue weighted by molar-refractivity contribution is -0.136. The quantitative estimate of drug-likeness (QED) is 0.246. The van der Waals surface area contributed by atoms with Gasteiger partial charge in [-0.25, -0.2) is 4.98 Å². The standard InChI is InChI=1S/C30H23ClN4O2S/c1-16-11-25-29(27(23(16)14-26(36)37)18-4-6-22(31)7-5-18)38-30(33-25)19-8-9-32-24(13-19)20-10-17(2)28-21(12-20)15-35(3)34-28/h4-13,15H,14H2,1-3H3,(H,36,37). The summed E-state index contributed by atoms with van der Waals surface area (Å²) in [5.74, 6) is -0.868. The Labute approximate surface area is 228 Å². The second kappa shape index (κ2) is 9.35. The Morgan fingerprint density at radius 1 is 1.00 bits per heavy atom. The fourth-order valence-corrected chi connectivity index (χ4v) is 6.22. The largest absolute Gasteiger partial charge is 0.481 e. The Bertz CT molecular complexity index is 1870. The minimum absolute atomic E-state index is 0.0669. The zero-order valence-electron chi connectivity index (χ0n) is 21.0. The van der Waals surface area contributed by atoms with E-state index < -0.39 is 5.97 Å². The molecule has 0 spiro atoms. The van der Waals surface area contributed by atoms with Crippen LogP contribution in [0.2, 0.25) is 5.02 Å². The number of aryl methyl sites for hydroxylation is 3. The Morgan fingerprint density at radius 3 is 2.55 bits per heavy atom. The predicted molar refractivity (Wildman–Crippen MR) is 154 cm³/mol. The summed E-state index contributed by atoms with van der Waals surface area (Å²) in [6.07, 6.45) is 3.75. The molecule has 8 heteroatoms. The molecule has 0 saturated carbocycles. The topological polar surface area (TPSA) is 80.9 Å². The molecule has 6 nitrogen and oxygen atoms in total. The zero-order valence-corrected chi connectivity index (χ0v) is 22.6. The number of hydrogen-bond donors (Lipinski definition) is 1. The van der Waals surface area contributed by atoms with E-state index in [4.69, 9.17) is 16.6 Å². The summed E-state index contributed by atoms with van der Waals surface area (Å²) in [4.78, 5) is 21.4. The minimum atomic E-state index is -0.868. The maximum absolute atomic E-state index is 11.8. The van der Waals surface area contributed by atoms with Gasteiger partial charge in [-0.05, 0) is 78.6 Å². The van der Waals surface area contributed by atoms with Gasteiger partial charge < -0.3 is 5.11 Å². The van der Waals surface area contributed by atoms with Crippen LogP contribution < -0.4 is 0 Å². The van der Waals surface area contributed by atoms with Crippen molar-refractivity contribution in [2.75, 3.05) is 0 Å². The van der Waals surface area contributed by atoms with Gasteiger partial charge in [0.25, 0.3) is 0 Å². The van der Waals surface area contributed by atoms with E-state index in [0.717, 1.165) is 70.8 Å². The van der Waals surface area contributed by atoms with Gasteiger partial charge in [-0.2, -0.15) is 5.10 Å². The Morgan fingerprint density at radius 2 is 1.79 bits per heavy atom. The van der Waals surface area contributed by atoms with Gasteiger partial charge >= 0.3 is 5.97 Å². The van der Waals surface area contributed by atoms with Crippen LogP contribution in [-0.4, -0.2) is 30.8 Å². The molecule has 0 fully saturated rings. The summed E-state index contributed by atoms with van der Waals surface area (Å²) in [7, 11) is 1.92. The average Bonchev–Trinajstić information content (AvgIpc) is 3.48. The van der Waals surface area contributed by atoms with Crippen molar-refractivity contribution < 1.29 is 9.90 Å². The minimum Gasteiger partial charge on any atom is -0.481 e. The maximum Gasteiger partial charge on any atom is 0.307 e. The number of nitrogens with zero attached hydrogens (tertiary/aromatic N) is 4. The molecule has 38 heavy (non-hydrogen) atoms. The van der Waals surface area contributed by atoms with E-state index >= 15 is 0 Å². The van der Waals surface area contributed by atoms with Gasteiger partial charge in [-0.3, -0.25) is 14.5 Å². The Balaban J connectivity index is 1.51. The molecule has 6 rings (SSSR count). The molecular formula is C30H23ClN4O2S. The molecule has 1 N–H and O–H groups in total. The summed E-state index contributed by atoms with van der Waals surface area (Å²) in [6.45, 7) is 4.00. The van der Waals surface area contributed by atoms with Crippen LogP contribution in [0.3, 0.4) is 0 Å². The highest BCUT2D eigenvalue weighted by atomic mass is 35.5. The van der Waals surface area contributed by atoms with Crippen molar-refractivity contribution in [2.45, 2.75) is 20.3 Å². The number of hydrogen-bond acceptors (Lipinski definition) is 5. The van der Waals surface area contributed by atoms with Crippen LogP contribution in [-0.2, 0) is 18.3 Å². The first kappa shape index (κ1) is 24.3. The monoisotopic (exact) mass is 538 g/mol. The van der Waals surface area contributed by atoms with Crippen molar-refractivity contribution in [1.29, 1.82) is 0 Å². The van der Waals surface area contributed by atoms with Gasteiger partial charge in [-0.1, -0.05) is 23.7 Å². The highest BCUT2D eigenvalue weighted by Gasteiger charge is 2.20. The molecule has 0 bridgehead atoms. The molecule has 3 heterocycles. The normalized spacial score (nSPS) is 11.5. The van der Waals surface area contributed by atoms with Crippen molar-refractivity contribution in [1.82, 2.24) is 19.7 Å². The molecule has 188 valence electrons. The van der Waals surface area contributed by atoms with E-state index in [2.05, 4.69) is 35.2 Å². The lowest BCUT2D eigenvalue weighted by Gasteiger charge is -2.13. The summed E-state index contributed by atoms with van der Waals surface area (Å²) in [6, 6.07) is 17.7. The van der Waals surface area contributed by atoms with Crippen molar-refractivity contribution in [3.05, 3.63) is 88.7 Å². The van der Waals surface area contributed by atoms with Crippen LogP contribution in [0, 0.1) is 13.8 Å². The third kappa shape index (κ3) is 4.34. The number of halogens is 1. The summed E-state index contributed by atoms with van der Waals surface area (Å²) < 4.78 is 2.78. The van der Waals surface area contributed by atoms with Crippen molar-refractivity contribution in [2.24, 2.45) is 7.05 Å². The van der Waals surface area contributed by atoms with Gasteiger partial charge in [0.15, 0.2) is 0 Å². The third-order valence-electron chi connectivity index (χ3n) is 6.69. The highest BCUT2D eigenvalue weighted by molar-refractivity contribution is 7.22. The van der Waals surface area contributed by atoms with Gasteiger partial charge in [0.1, 0.15) is 5.01 Å². The zero-order chi connectivity index (χ0) is 26.6. The summed E-state index contributed by atoms with van der Waals surface area (Å²) >= 11 is 7.71. The molecule has 3 aromatic heterocycles. The van der Waals surface area contributed by atoms with Crippen molar-refractivity contribution in [3.8, 4) is 33.0 Å². The molecule has 0 aliphatic carbocycles. The Kier molecular flexibility index (Phi) is 5.97. The van der Waals surface area contributed by atoms with Crippen LogP contribution in [0.1, 0.15) is 16.7 Å². The number of carbonyl (C=O) groups is 1. The Hall–Kier alpha value is -4.07. The predicted octanol–water partition coefficient (Wildman–Crippen LogP) is 7.48. The second-order valence-electron chi connectivity index (χ2n) is 9.46. The molecule has 3 aromatic carbocycles. The van der Waals surface area contributed by atoms with Crippen LogP contribution >= 0.6 is 22.9 Å². The smallest absolute Gasteiger partial charge is 0.307 e. The van der Waals surface area contributed by atoms with Crippen LogP contribution in [0.5, 0.6) is 0 Å². The van der Waals surface area contributed by atoms with Gasteiger partial charge in [0, 0.05) is 46.5 Å². The number of rotatable bonds is 5. The number of carboxylic acids is 1. The molecule has 0 atom stereocenters. The van der Waals surface area contributed by atoms with E-state index in [0.29, 0.717) is 5.02 Å². The summed E-state index contributed by atoms with van der Waals surface area (Å²) in [5.41, 5.74) is 9.27. The SMILES string of the molecule is Cc1cc2nc(-c3ccnc(-c4cc(C)c5nn(C)cc5c4)c3)sc2c(-c2ccc(Cl)cc2)c1CC(=O)O. The van der Waals surface area contributed by atoms with Crippen LogP contribution in [0.25, 0.3) is 54.1 Å². The fourth-order valence-electron chi connectivity index (χ4n) is 4.96. The second-order valence-corrected chi connectivity index (χ2v) is 10.9. The third-order valence-corrected chi connectivity index (χ3v) is 8.08. The maximum atomic E-state index is 11.8. The summed E-state index contributed by atoms with van der Waals surface area (Å²) in [5, 5.41) is 16.7. The van der Waals surface area contributed by atoms with E-state index in [9.17, 15) is 9.90 Å². The average molecular weight is 539 g/mol. The first-order chi connectivity index (χ1) is 18.3. The highest BCUT2D eigenvalue weighted by Crippen LogP contribution is 2.41. The molecule has 0 radical (unpaired) electrons. The molecule has 0 unspecified atom stereocenters. The lowest BCUT2D eigenvalue weighted by atomic mass is 9.93. The fraction of sp³-hybridized carbons (Fsp3) is 0.133. The van der Waals surface area contributed by atoms with E-state index in [-0.39, 0.29) is 6.42 Å². The lowest BCUT2D eigenvalue weighted by Crippen LogP contribution is -2.04. The number of thiazole rings is 1. The van der Waals surface area contributed by atoms with Gasteiger partial charge in [-0.15, -0.1) is 11.3 Å². The molecule has 0 aliphatic heterocycles. The van der Waals surface area contributed by atoms with Gasteiger partial charge in [0.05, 0.1) is 27.8 Å². The molecule has 6 aromatic rings. The van der Waals surface area contributed by atoms with Crippen LogP contribution in [0.15, 0.2) is 67.0 Å². The number of benzene rings is 3. The van der Waals surface area contributed by atoms with Crippen molar-refractivity contribution in [3.63, 3.8) is 0 Å². The van der Waals surface area contributed by atoms with Gasteiger partial charge in [0.2, 0.25) is 0 Å². The molecule has 0 amide bonds. The van der Waals surface area contributed by atoms with E-state index in [1.165, 1.54) is 0 Å². The van der Waals surface area contributed by atoms with E-state index in [1.54, 1.807) is 17.5 Å². The number of aliphatic carboxylic acids is 1. The van der Waals surface area contributed by atoms with Crippen molar-refractivity contribution >= 4 is 50.0 Å². The first-order valence-corrected chi connectivity index (χ1v) is 13.3. The molecular weight excluding hydrogens is 516 g/mol. The number of aromatic nitrogens is 4. The molecule has 0 saturated heterocycles. The first-order valence-electron chi connectivity index (χ1n) is 12.1. The van der Waals surface area contributed by atoms with Crippen LogP contribution in [0.4, 0.5) is 0 Å². The number of carboxylic acid groups (broad SMARTS) is 1. The number of pyridine rings is 1.